The second-order valence-electron chi connectivity index (χ2n) is 5.23. The predicted molar refractivity (Wildman–Crippen MR) is 81.9 cm³/mol. The summed E-state index contributed by atoms with van der Waals surface area (Å²) in [6.45, 7) is 4.10. The highest BCUT2D eigenvalue weighted by Crippen LogP contribution is 2.26. The van der Waals surface area contributed by atoms with Gasteiger partial charge in [-0.15, -0.1) is 0 Å². The second kappa shape index (κ2) is 4.34. The lowest BCUT2D eigenvalue weighted by Gasteiger charge is -2.06. The number of H-pyrrole nitrogens is 1. The normalized spacial score (nSPS) is 11.3. The van der Waals surface area contributed by atoms with Gasteiger partial charge in [-0.25, -0.2) is 4.98 Å². The zero-order chi connectivity index (χ0) is 14.4. The maximum absolute atomic E-state index is 4.74. The van der Waals surface area contributed by atoms with Crippen molar-refractivity contribution in [3.63, 3.8) is 0 Å². The molecule has 2 aromatic carbocycles. The minimum absolute atomic E-state index is 0.835. The molecule has 21 heavy (non-hydrogen) atoms. The van der Waals surface area contributed by atoms with Crippen LogP contribution in [-0.2, 0) is 0 Å². The van der Waals surface area contributed by atoms with Crippen LogP contribution in [0.1, 0.15) is 11.1 Å². The van der Waals surface area contributed by atoms with Gasteiger partial charge >= 0.3 is 0 Å². The molecular weight excluding hydrogens is 262 g/mol. The van der Waals surface area contributed by atoms with E-state index < -0.39 is 0 Å². The molecule has 0 fully saturated rings. The smallest absolute Gasteiger partial charge is 0.113 e. The molecule has 0 aliphatic carbocycles. The SMILES string of the molecule is Cc1ccc2ncc(-c3cc4n[nH]nc4cc3C)nc2c1. The summed E-state index contributed by atoms with van der Waals surface area (Å²) in [6, 6.07) is 10.1. The van der Waals surface area contributed by atoms with Crippen LogP contribution in [0, 0.1) is 13.8 Å². The fraction of sp³-hybridized carbons (Fsp3) is 0.125. The summed E-state index contributed by atoms with van der Waals surface area (Å²) in [5.41, 5.74) is 7.69. The van der Waals surface area contributed by atoms with Crippen LogP contribution in [0.5, 0.6) is 0 Å². The zero-order valence-corrected chi connectivity index (χ0v) is 11.8. The number of hydrogen-bond donors (Lipinski definition) is 1. The van der Waals surface area contributed by atoms with E-state index in [1.165, 1.54) is 5.56 Å². The van der Waals surface area contributed by atoms with Crippen molar-refractivity contribution in [3.05, 3.63) is 47.7 Å². The molecule has 0 unspecified atom stereocenters. The minimum atomic E-state index is 0.835. The monoisotopic (exact) mass is 275 g/mol. The first kappa shape index (κ1) is 12.0. The number of aromatic amines is 1. The first-order valence-corrected chi connectivity index (χ1v) is 6.75. The topological polar surface area (TPSA) is 67.3 Å². The van der Waals surface area contributed by atoms with Crippen LogP contribution in [0.3, 0.4) is 0 Å². The van der Waals surface area contributed by atoms with E-state index in [1.807, 2.05) is 37.4 Å². The summed E-state index contributed by atoms with van der Waals surface area (Å²) in [4.78, 5) is 9.24. The molecule has 0 atom stereocenters. The van der Waals surface area contributed by atoms with Gasteiger partial charge in [-0.2, -0.15) is 15.4 Å². The number of benzene rings is 2. The molecule has 2 heterocycles. The average molecular weight is 275 g/mol. The van der Waals surface area contributed by atoms with E-state index in [1.54, 1.807) is 0 Å². The number of nitrogens with zero attached hydrogens (tertiary/aromatic N) is 4. The molecule has 5 nitrogen and oxygen atoms in total. The highest BCUT2D eigenvalue weighted by Gasteiger charge is 2.09. The van der Waals surface area contributed by atoms with E-state index in [9.17, 15) is 0 Å². The maximum Gasteiger partial charge on any atom is 0.113 e. The van der Waals surface area contributed by atoms with Crippen molar-refractivity contribution in [1.29, 1.82) is 0 Å². The van der Waals surface area contributed by atoms with E-state index in [-0.39, 0.29) is 0 Å². The molecule has 4 rings (SSSR count). The Morgan fingerprint density at radius 2 is 1.67 bits per heavy atom. The van der Waals surface area contributed by atoms with Crippen LogP contribution >= 0.6 is 0 Å². The molecule has 0 amide bonds. The van der Waals surface area contributed by atoms with E-state index >= 15 is 0 Å². The van der Waals surface area contributed by atoms with Crippen molar-refractivity contribution < 1.29 is 0 Å². The number of hydrogen-bond acceptors (Lipinski definition) is 4. The molecule has 1 N–H and O–H groups in total. The van der Waals surface area contributed by atoms with Crippen LogP contribution in [0.25, 0.3) is 33.3 Å². The molecule has 2 aromatic heterocycles. The number of aryl methyl sites for hydroxylation is 2. The lowest BCUT2D eigenvalue weighted by atomic mass is 10.0. The summed E-state index contributed by atoms with van der Waals surface area (Å²) in [5, 5.41) is 10.9. The Labute approximate surface area is 121 Å². The molecule has 0 saturated carbocycles. The fourth-order valence-electron chi connectivity index (χ4n) is 2.52. The zero-order valence-electron chi connectivity index (χ0n) is 11.8. The first-order chi connectivity index (χ1) is 10.2. The standard InChI is InChI=1S/C16H13N5/c1-9-3-4-12-13(5-9)18-16(8-17-12)11-7-15-14(6-10(11)2)19-21-20-15/h3-8H,1-2H3,(H,19,20,21). The molecule has 0 bridgehead atoms. The molecule has 0 aliphatic rings. The van der Waals surface area contributed by atoms with E-state index in [4.69, 9.17) is 4.98 Å². The van der Waals surface area contributed by atoms with Gasteiger partial charge in [-0.1, -0.05) is 6.07 Å². The Bertz CT molecular complexity index is 971. The minimum Gasteiger partial charge on any atom is -0.252 e. The molecule has 5 heteroatoms. The maximum atomic E-state index is 4.74. The molecule has 0 spiro atoms. The molecule has 102 valence electrons. The van der Waals surface area contributed by atoms with Gasteiger partial charge in [-0.05, 0) is 49.2 Å². The third-order valence-electron chi connectivity index (χ3n) is 3.64. The van der Waals surface area contributed by atoms with Gasteiger partial charge in [0.1, 0.15) is 11.0 Å². The van der Waals surface area contributed by atoms with Gasteiger partial charge in [0, 0.05) is 5.56 Å². The highest BCUT2D eigenvalue weighted by molar-refractivity contribution is 5.84. The quantitative estimate of drug-likeness (QED) is 0.579. The van der Waals surface area contributed by atoms with Crippen LogP contribution in [-0.4, -0.2) is 25.4 Å². The number of aromatic nitrogens is 5. The Hall–Kier alpha value is -2.82. The van der Waals surface area contributed by atoms with Gasteiger partial charge in [0.25, 0.3) is 0 Å². The van der Waals surface area contributed by atoms with Gasteiger partial charge in [0.05, 0.1) is 22.9 Å². The Balaban J connectivity index is 1.96. The Morgan fingerprint density at radius 3 is 2.52 bits per heavy atom. The van der Waals surface area contributed by atoms with Crippen LogP contribution in [0.15, 0.2) is 36.5 Å². The molecule has 0 radical (unpaired) electrons. The van der Waals surface area contributed by atoms with Crippen molar-refractivity contribution in [2.24, 2.45) is 0 Å². The summed E-state index contributed by atoms with van der Waals surface area (Å²) in [6.07, 6.45) is 1.81. The Morgan fingerprint density at radius 1 is 0.857 bits per heavy atom. The van der Waals surface area contributed by atoms with Crippen molar-refractivity contribution in [1.82, 2.24) is 25.4 Å². The summed E-state index contributed by atoms with van der Waals surface area (Å²) in [7, 11) is 0. The van der Waals surface area contributed by atoms with E-state index in [0.29, 0.717) is 0 Å². The van der Waals surface area contributed by atoms with Crippen LogP contribution in [0.4, 0.5) is 0 Å². The Kier molecular flexibility index (Phi) is 2.47. The molecule has 0 aliphatic heterocycles. The largest absolute Gasteiger partial charge is 0.252 e. The third-order valence-corrected chi connectivity index (χ3v) is 3.64. The van der Waals surface area contributed by atoms with E-state index in [0.717, 1.165) is 38.9 Å². The second-order valence-corrected chi connectivity index (χ2v) is 5.23. The van der Waals surface area contributed by atoms with Crippen molar-refractivity contribution in [3.8, 4) is 11.3 Å². The molecule has 0 saturated heterocycles. The van der Waals surface area contributed by atoms with Crippen molar-refractivity contribution >= 4 is 22.1 Å². The van der Waals surface area contributed by atoms with Gasteiger partial charge in [0.15, 0.2) is 0 Å². The van der Waals surface area contributed by atoms with Gasteiger partial charge in [0.2, 0.25) is 0 Å². The summed E-state index contributed by atoms with van der Waals surface area (Å²) < 4.78 is 0. The first-order valence-electron chi connectivity index (χ1n) is 6.75. The van der Waals surface area contributed by atoms with Crippen LogP contribution < -0.4 is 0 Å². The predicted octanol–water partition coefficient (Wildman–Crippen LogP) is 3.18. The van der Waals surface area contributed by atoms with Crippen LogP contribution in [0.2, 0.25) is 0 Å². The highest BCUT2D eigenvalue weighted by atomic mass is 15.3. The van der Waals surface area contributed by atoms with Crippen molar-refractivity contribution in [2.75, 3.05) is 0 Å². The lowest BCUT2D eigenvalue weighted by molar-refractivity contribution is 0.959. The number of fused-ring (bicyclic) bond motifs is 2. The average Bonchev–Trinajstić information content (AvgIpc) is 2.92. The van der Waals surface area contributed by atoms with Gasteiger partial charge in [-0.3, -0.25) is 4.98 Å². The molecular formula is C16H13N5. The lowest BCUT2D eigenvalue weighted by Crippen LogP contribution is -1.91. The third kappa shape index (κ3) is 1.94. The fourth-order valence-corrected chi connectivity index (χ4v) is 2.52. The molecule has 4 aromatic rings. The number of nitrogens with one attached hydrogen (secondary N) is 1. The summed E-state index contributed by atoms with van der Waals surface area (Å²) >= 11 is 0. The number of rotatable bonds is 1. The van der Waals surface area contributed by atoms with Gasteiger partial charge < -0.3 is 0 Å². The van der Waals surface area contributed by atoms with Crippen molar-refractivity contribution in [2.45, 2.75) is 13.8 Å². The van der Waals surface area contributed by atoms with E-state index in [2.05, 4.69) is 33.4 Å². The summed E-state index contributed by atoms with van der Waals surface area (Å²) in [5.74, 6) is 0.